The Labute approximate surface area is 171 Å². The Morgan fingerprint density at radius 2 is 2.00 bits per heavy atom. The molecule has 1 heterocycles. The molecule has 6 nitrogen and oxygen atoms in total. The number of nitrogens with two attached hydrogens (primary N) is 1. The van der Waals surface area contributed by atoms with Crippen molar-refractivity contribution in [3.05, 3.63) is 69.7 Å². The van der Waals surface area contributed by atoms with Gasteiger partial charge in [0.1, 0.15) is 0 Å². The van der Waals surface area contributed by atoms with Crippen molar-refractivity contribution in [3.63, 3.8) is 0 Å². The van der Waals surface area contributed by atoms with Gasteiger partial charge in [0.25, 0.3) is 5.91 Å². The highest BCUT2D eigenvalue weighted by molar-refractivity contribution is 9.10. The predicted molar refractivity (Wildman–Crippen MR) is 111 cm³/mol. The molecule has 142 valence electrons. The van der Waals surface area contributed by atoms with E-state index in [0.29, 0.717) is 18.7 Å². The molecule has 1 aliphatic heterocycles. The number of carbonyl (C=O) groups is 2. The normalized spacial score (nSPS) is 16.7. The highest BCUT2D eigenvalue weighted by Gasteiger charge is 2.25. The SMILES string of the molecule is NNC(=O)c1ccc(CNC(=O)N2CCSC(c3cccc(Br)c3)C2)cc1. The molecular weight excluding hydrogens is 428 g/mol. The van der Waals surface area contributed by atoms with Gasteiger partial charge in [0.15, 0.2) is 0 Å². The molecule has 8 heteroatoms. The molecule has 0 aromatic heterocycles. The number of amides is 3. The van der Waals surface area contributed by atoms with Gasteiger partial charge in [-0.15, -0.1) is 0 Å². The van der Waals surface area contributed by atoms with Gasteiger partial charge in [-0.3, -0.25) is 10.2 Å². The van der Waals surface area contributed by atoms with E-state index in [1.165, 1.54) is 5.56 Å². The maximum atomic E-state index is 12.6. The maximum Gasteiger partial charge on any atom is 0.317 e. The Morgan fingerprint density at radius 3 is 2.70 bits per heavy atom. The van der Waals surface area contributed by atoms with Crippen molar-refractivity contribution in [1.29, 1.82) is 0 Å². The fourth-order valence-electron chi connectivity index (χ4n) is 2.89. The molecule has 0 aliphatic carbocycles. The number of nitrogens with one attached hydrogen (secondary N) is 2. The summed E-state index contributed by atoms with van der Waals surface area (Å²) in [4.78, 5) is 25.9. The lowest BCUT2D eigenvalue weighted by Crippen LogP contribution is -2.44. The van der Waals surface area contributed by atoms with Gasteiger partial charge in [-0.1, -0.05) is 40.2 Å². The summed E-state index contributed by atoms with van der Waals surface area (Å²) in [6.07, 6.45) is 0. The third kappa shape index (κ3) is 5.24. The topological polar surface area (TPSA) is 87.5 Å². The lowest BCUT2D eigenvalue weighted by atomic mass is 10.1. The summed E-state index contributed by atoms with van der Waals surface area (Å²) >= 11 is 5.38. The van der Waals surface area contributed by atoms with Gasteiger partial charge in [-0.25, -0.2) is 10.6 Å². The van der Waals surface area contributed by atoms with Crippen LogP contribution in [0.15, 0.2) is 53.0 Å². The summed E-state index contributed by atoms with van der Waals surface area (Å²) in [5.41, 5.74) is 4.72. The van der Waals surface area contributed by atoms with Crippen LogP contribution in [-0.4, -0.2) is 35.7 Å². The van der Waals surface area contributed by atoms with Crippen LogP contribution < -0.4 is 16.6 Å². The number of carbonyl (C=O) groups excluding carboxylic acids is 2. The van der Waals surface area contributed by atoms with Gasteiger partial charge >= 0.3 is 6.03 Å². The van der Waals surface area contributed by atoms with Crippen molar-refractivity contribution in [1.82, 2.24) is 15.6 Å². The molecule has 4 N–H and O–H groups in total. The molecule has 0 bridgehead atoms. The minimum Gasteiger partial charge on any atom is -0.334 e. The fraction of sp³-hybridized carbons (Fsp3) is 0.263. The second-order valence-electron chi connectivity index (χ2n) is 6.19. The fourth-order valence-corrected chi connectivity index (χ4v) is 4.54. The summed E-state index contributed by atoms with van der Waals surface area (Å²) in [6, 6.07) is 15.1. The van der Waals surface area contributed by atoms with Gasteiger partial charge in [0.05, 0.1) is 0 Å². The molecule has 0 spiro atoms. The van der Waals surface area contributed by atoms with Crippen molar-refractivity contribution in [2.45, 2.75) is 11.8 Å². The quantitative estimate of drug-likeness (QED) is 0.381. The monoisotopic (exact) mass is 448 g/mol. The molecule has 1 unspecified atom stereocenters. The second kappa shape index (κ2) is 9.25. The number of benzene rings is 2. The van der Waals surface area contributed by atoms with Crippen LogP contribution in [0, 0.1) is 0 Å². The third-order valence-electron chi connectivity index (χ3n) is 4.37. The third-order valence-corrected chi connectivity index (χ3v) is 6.10. The molecule has 1 fully saturated rings. The van der Waals surface area contributed by atoms with E-state index in [0.717, 1.165) is 22.3 Å². The lowest BCUT2D eigenvalue weighted by Gasteiger charge is -2.32. The molecule has 27 heavy (non-hydrogen) atoms. The molecular formula is C19H21BrN4O2S. The molecule has 0 saturated carbocycles. The van der Waals surface area contributed by atoms with Crippen LogP contribution in [0.1, 0.15) is 26.7 Å². The molecule has 2 aromatic carbocycles. The van der Waals surface area contributed by atoms with Crippen molar-refractivity contribution >= 4 is 39.6 Å². The van der Waals surface area contributed by atoms with Crippen molar-refractivity contribution in [2.75, 3.05) is 18.8 Å². The minimum absolute atomic E-state index is 0.0703. The standard InChI is InChI=1S/C19H21BrN4O2S/c20-16-3-1-2-15(10-16)17-12-24(8-9-27-17)19(26)22-11-13-4-6-14(7-5-13)18(25)23-21/h1-7,10,17H,8-9,11-12,21H2,(H,22,26)(H,23,25). The Hall–Kier alpha value is -2.03. The van der Waals surface area contributed by atoms with Gasteiger partial charge in [-0.2, -0.15) is 11.8 Å². The van der Waals surface area contributed by atoms with Crippen molar-refractivity contribution in [2.24, 2.45) is 5.84 Å². The van der Waals surface area contributed by atoms with Crippen LogP contribution in [0.2, 0.25) is 0 Å². The Balaban J connectivity index is 1.55. The first-order valence-electron chi connectivity index (χ1n) is 8.56. The summed E-state index contributed by atoms with van der Waals surface area (Å²) in [5, 5.41) is 3.23. The molecule has 3 rings (SSSR count). The van der Waals surface area contributed by atoms with E-state index in [2.05, 4.69) is 38.8 Å². The first kappa shape index (κ1) is 19.7. The first-order valence-corrected chi connectivity index (χ1v) is 10.4. The number of nitrogens with zero attached hydrogens (tertiary/aromatic N) is 1. The maximum absolute atomic E-state index is 12.6. The first-order chi connectivity index (χ1) is 13.1. The lowest BCUT2D eigenvalue weighted by molar-refractivity contribution is 0.0953. The van der Waals surface area contributed by atoms with E-state index in [9.17, 15) is 9.59 Å². The summed E-state index contributed by atoms with van der Waals surface area (Å²) < 4.78 is 1.05. The zero-order chi connectivity index (χ0) is 19.2. The van der Waals surface area contributed by atoms with Crippen LogP contribution >= 0.6 is 27.7 Å². The van der Waals surface area contributed by atoms with Crippen LogP contribution in [0.25, 0.3) is 0 Å². The van der Waals surface area contributed by atoms with Crippen LogP contribution in [0.4, 0.5) is 4.79 Å². The van der Waals surface area contributed by atoms with E-state index < -0.39 is 0 Å². The van der Waals surface area contributed by atoms with Crippen LogP contribution in [0.3, 0.4) is 0 Å². The number of nitrogen functional groups attached to an aromatic ring is 1. The van der Waals surface area contributed by atoms with E-state index in [1.54, 1.807) is 24.3 Å². The predicted octanol–water partition coefficient (Wildman–Crippen LogP) is 3.05. The molecule has 3 amide bonds. The molecule has 1 saturated heterocycles. The smallest absolute Gasteiger partial charge is 0.317 e. The number of hydrazine groups is 1. The number of hydrogen-bond donors (Lipinski definition) is 3. The summed E-state index contributed by atoms with van der Waals surface area (Å²) in [5.74, 6) is 5.69. The molecule has 1 aliphatic rings. The van der Waals surface area contributed by atoms with E-state index in [1.807, 2.05) is 28.8 Å². The second-order valence-corrected chi connectivity index (χ2v) is 8.42. The van der Waals surface area contributed by atoms with E-state index >= 15 is 0 Å². The average Bonchev–Trinajstić information content (AvgIpc) is 2.72. The average molecular weight is 449 g/mol. The molecule has 2 aromatic rings. The largest absolute Gasteiger partial charge is 0.334 e. The number of thioether (sulfide) groups is 1. The molecule has 0 radical (unpaired) electrons. The van der Waals surface area contributed by atoms with Crippen molar-refractivity contribution in [3.8, 4) is 0 Å². The number of halogens is 1. The summed E-state index contributed by atoms with van der Waals surface area (Å²) in [6.45, 7) is 1.83. The van der Waals surface area contributed by atoms with Gasteiger partial charge in [0, 0.05) is 40.7 Å². The minimum atomic E-state index is -0.338. The number of hydrogen-bond acceptors (Lipinski definition) is 4. The Kier molecular flexibility index (Phi) is 6.76. The van der Waals surface area contributed by atoms with E-state index in [-0.39, 0.29) is 17.2 Å². The summed E-state index contributed by atoms with van der Waals surface area (Å²) in [7, 11) is 0. The van der Waals surface area contributed by atoms with Gasteiger partial charge in [-0.05, 0) is 35.4 Å². The van der Waals surface area contributed by atoms with Gasteiger partial charge in [0.2, 0.25) is 0 Å². The van der Waals surface area contributed by atoms with Crippen LogP contribution in [0.5, 0.6) is 0 Å². The molecule has 1 atom stereocenters. The van der Waals surface area contributed by atoms with Crippen LogP contribution in [-0.2, 0) is 6.54 Å². The zero-order valence-corrected chi connectivity index (χ0v) is 17.1. The highest BCUT2D eigenvalue weighted by atomic mass is 79.9. The zero-order valence-electron chi connectivity index (χ0n) is 14.7. The Morgan fingerprint density at radius 1 is 1.22 bits per heavy atom. The van der Waals surface area contributed by atoms with Crippen molar-refractivity contribution < 1.29 is 9.59 Å². The highest BCUT2D eigenvalue weighted by Crippen LogP contribution is 2.34. The number of rotatable bonds is 4. The van der Waals surface area contributed by atoms with Gasteiger partial charge < -0.3 is 10.2 Å². The number of urea groups is 1. The van der Waals surface area contributed by atoms with E-state index in [4.69, 9.17) is 5.84 Å². The Bertz CT molecular complexity index is 816.